The predicted molar refractivity (Wildman–Crippen MR) is 99.6 cm³/mol. The second-order valence-corrected chi connectivity index (χ2v) is 7.78. The Labute approximate surface area is 149 Å². The summed E-state index contributed by atoms with van der Waals surface area (Å²) in [6.07, 6.45) is 3.36. The molecule has 0 saturated carbocycles. The van der Waals surface area contributed by atoms with Gasteiger partial charge in [0.25, 0.3) is 5.56 Å². The van der Waals surface area contributed by atoms with E-state index >= 15 is 0 Å². The molecule has 0 fully saturated rings. The number of benzene rings is 1. The SMILES string of the molecule is Cn1c(=O)/c(=C\c2ccc(Br)cc2)s/c1=C\C(=O)c1cccs1. The zero-order valence-electron chi connectivity index (χ0n) is 12.2. The van der Waals surface area contributed by atoms with Gasteiger partial charge in [-0.1, -0.05) is 34.1 Å². The van der Waals surface area contributed by atoms with E-state index in [9.17, 15) is 9.59 Å². The standard InChI is InChI=1S/C17H12BrNO2S2/c1-19-16(10-13(20)14-3-2-8-22-14)23-15(17(19)21)9-11-4-6-12(18)7-5-11/h2-10H,1H3/b15-9+,16-10-. The lowest BCUT2D eigenvalue weighted by Crippen LogP contribution is -2.29. The smallest absolute Gasteiger partial charge is 0.268 e. The van der Waals surface area contributed by atoms with Gasteiger partial charge in [-0.3, -0.25) is 9.59 Å². The number of thiazole rings is 1. The molecule has 0 aliphatic heterocycles. The third-order valence-electron chi connectivity index (χ3n) is 3.25. The minimum absolute atomic E-state index is 0.0768. The van der Waals surface area contributed by atoms with Crippen molar-refractivity contribution < 1.29 is 4.79 Å². The van der Waals surface area contributed by atoms with Gasteiger partial charge in [0.15, 0.2) is 5.78 Å². The fourth-order valence-electron chi connectivity index (χ4n) is 2.02. The molecule has 1 aromatic carbocycles. The van der Waals surface area contributed by atoms with E-state index in [-0.39, 0.29) is 11.3 Å². The van der Waals surface area contributed by atoms with Crippen molar-refractivity contribution in [2.75, 3.05) is 0 Å². The van der Waals surface area contributed by atoms with E-state index in [0.29, 0.717) is 14.1 Å². The van der Waals surface area contributed by atoms with Crippen LogP contribution >= 0.6 is 38.6 Å². The number of rotatable bonds is 3. The van der Waals surface area contributed by atoms with Crippen LogP contribution in [0.2, 0.25) is 0 Å². The van der Waals surface area contributed by atoms with Crippen LogP contribution in [0.25, 0.3) is 12.2 Å². The largest absolute Gasteiger partial charge is 0.302 e. The molecule has 2 heterocycles. The van der Waals surface area contributed by atoms with Gasteiger partial charge in [-0.2, -0.15) is 0 Å². The average molecular weight is 406 g/mol. The fourth-order valence-corrected chi connectivity index (χ4v) is 3.95. The van der Waals surface area contributed by atoms with E-state index in [1.807, 2.05) is 41.8 Å². The van der Waals surface area contributed by atoms with Crippen LogP contribution in [0.4, 0.5) is 0 Å². The average Bonchev–Trinajstić information content (AvgIpc) is 3.15. The van der Waals surface area contributed by atoms with Crippen LogP contribution in [-0.4, -0.2) is 10.4 Å². The van der Waals surface area contributed by atoms with Crippen LogP contribution in [-0.2, 0) is 7.05 Å². The highest BCUT2D eigenvalue weighted by Gasteiger charge is 2.06. The summed E-state index contributed by atoms with van der Waals surface area (Å²) < 4.78 is 3.77. The molecule has 3 aromatic rings. The van der Waals surface area contributed by atoms with Crippen LogP contribution in [0.15, 0.2) is 51.0 Å². The van der Waals surface area contributed by atoms with Crippen LogP contribution in [0.3, 0.4) is 0 Å². The molecule has 0 amide bonds. The summed E-state index contributed by atoms with van der Waals surface area (Å²) in [5, 5.41) is 1.86. The molecule has 0 atom stereocenters. The molecular weight excluding hydrogens is 394 g/mol. The van der Waals surface area contributed by atoms with Gasteiger partial charge < -0.3 is 4.57 Å². The Hall–Kier alpha value is -1.76. The minimum atomic E-state index is -0.0943. The molecule has 2 aromatic heterocycles. The van der Waals surface area contributed by atoms with E-state index in [4.69, 9.17) is 0 Å². The maximum absolute atomic E-state index is 12.3. The van der Waals surface area contributed by atoms with Gasteiger partial charge in [0.05, 0.1) is 9.41 Å². The maximum atomic E-state index is 12.3. The topological polar surface area (TPSA) is 39.1 Å². The molecule has 0 aliphatic carbocycles. The number of hydrogen-bond donors (Lipinski definition) is 0. The lowest BCUT2D eigenvalue weighted by molar-refractivity contribution is 0.106. The van der Waals surface area contributed by atoms with Crippen molar-refractivity contribution in [1.82, 2.24) is 4.57 Å². The quantitative estimate of drug-likeness (QED) is 0.628. The number of nitrogens with zero attached hydrogens (tertiary/aromatic N) is 1. The maximum Gasteiger partial charge on any atom is 0.268 e. The zero-order chi connectivity index (χ0) is 16.4. The van der Waals surface area contributed by atoms with Crippen LogP contribution < -0.4 is 14.8 Å². The first-order valence-electron chi connectivity index (χ1n) is 6.77. The number of halogens is 1. The van der Waals surface area contributed by atoms with E-state index in [2.05, 4.69) is 15.9 Å². The van der Waals surface area contributed by atoms with Gasteiger partial charge in [-0.25, -0.2) is 0 Å². The Kier molecular flexibility index (Phi) is 4.75. The highest BCUT2D eigenvalue weighted by molar-refractivity contribution is 9.10. The predicted octanol–water partition coefficient (Wildman–Crippen LogP) is 2.76. The second kappa shape index (κ2) is 6.78. The number of ketones is 1. The van der Waals surface area contributed by atoms with Crippen molar-refractivity contribution >= 4 is 56.5 Å². The van der Waals surface area contributed by atoms with Gasteiger partial charge in [-0.05, 0) is 35.2 Å². The lowest BCUT2D eigenvalue weighted by atomic mass is 10.2. The monoisotopic (exact) mass is 405 g/mol. The summed E-state index contributed by atoms with van der Waals surface area (Å²) in [5.41, 5.74) is 0.853. The number of hydrogen-bond acceptors (Lipinski definition) is 4. The molecule has 3 nitrogen and oxygen atoms in total. The third kappa shape index (κ3) is 3.60. The van der Waals surface area contributed by atoms with E-state index in [1.54, 1.807) is 13.1 Å². The third-order valence-corrected chi connectivity index (χ3v) is 5.77. The van der Waals surface area contributed by atoms with Crippen molar-refractivity contribution in [3.63, 3.8) is 0 Å². The van der Waals surface area contributed by atoms with Gasteiger partial charge >= 0.3 is 0 Å². The molecule has 0 saturated heterocycles. The summed E-state index contributed by atoms with van der Waals surface area (Å²) >= 11 is 6.11. The summed E-state index contributed by atoms with van der Waals surface area (Å²) in [5.74, 6) is -0.0768. The zero-order valence-corrected chi connectivity index (χ0v) is 15.4. The van der Waals surface area contributed by atoms with Crippen LogP contribution in [0, 0.1) is 0 Å². The molecule has 23 heavy (non-hydrogen) atoms. The van der Waals surface area contributed by atoms with Crippen molar-refractivity contribution in [2.45, 2.75) is 0 Å². The number of carbonyl (C=O) groups is 1. The molecule has 0 N–H and O–H groups in total. The normalized spacial score (nSPS) is 12.8. The first kappa shape index (κ1) is 16.1. The Bertz CT molecular complexity index is 1010. The summed E-state index contributed by atoms with van der Waals surface area (Å²) in [7, 11) is 1.69. The van der Waals surface area contributed by atoms with Crippen molar-refractivity contribution in [3.05, 3.63) is 76.2 Å². The minimum Gasteiger partial charge on any atom is -0.302 e. The molecule has 0 bridgehead atoms. The number of aromatic nitrogens is 1. The molecule has 0 radical (unpaired) electrons. The molecule has 0 spiro atoms. The summed E-state index contributed by atoms with van der Waals surface area (Å²) in [4.78, 5) is 25.2. The first-order chi connectivity index (χ1) is 11.0. The van der Waals surface area contributed by atoms with E-state index in [1.165, 1.54) is 33.3 Å². The molecule has 6 heteroatoms. The highest BCUT2D eigenvalue weighted by Crippen LogP contribution is 2.11. The summed E-state index contributed by atoms with van der Waals surface area (Å²) in [6.45, 7) is 0. The van der Waals surface area contributed by atoms with Crippen LogP contribution in [0.5, 0.6) is 0 Å². The van der Waals surface area contributed by atoms with Crippen molar-refractivity contribution in [2.24, 2.45) is 7.05 Å². The molecule has 116 valence electrons. The molecule has 3 rings (SSSR count). The Balaban J connectivity index is 2.07. The Morgan fingerprint density at radius 2 is 1.96 bits per heavy atom. The Morgan fingerprint density at radius 3 is 2.61 bits per heavy atom. The first-order valence-corrected chi connectivity index (χ1v) is 9.26. The number of carbonyl (C=O) groups excluding carboxylic acids is 1. The van der Waals surface area contributed by atoms with Crippen LogP contribution in [0.1, 0.15) is 15.2 Å². The second-order valence-electron chi connectivity index (χ2n) is 4.85. The fraction of sp³-hybridized carbons (Fsp3) is 0.0588. The molecular formula is C17H12BrNO2S2. The molecule has 0 unspecified atom stereocenters. The van der Waals surface area contributed by atoms with E-state index in [0.717, 1.165) is 10.0 Å². The van der Waals surface area contributed by atoms with Gasteiger partial charge in [0, 0.05) is 17.6 Å². The Morgan fingerprint density at radius 1 is 1.22 bits per heavy atom. The van der Waals surface area contributed by atoms with E-state index < -0.39 is 0 Å². The lowest BCUT2D eigenvalue weighted by Gasteiger charge is -1.91. The molecule has 0 aliphatic rings. The number of thiophene rings is 1. The van der Waals surface area contributed by atoms with Crippen molar-refractivity contribution in [1.29, 1.82) is 0 Å². The highest BCUT2D eigenvalue weighted by atomic mass is 79.9. The summed E-state index contributed by atoms with van der Waals surface area (Å²) in [6, 6.07) is 11.3. The van der Waals surface area contributed by atoms with Crippen molar-refractivity contribution in [3.8, 4) is 0 Å². The van der Waals surface area contributed by atoms with Gasteiger partial charge in [-0.15, -0.1) is 22.7 Å². The van der Waals surface area contributed by atoms with Gasteiger partial charge in [0.2, 0.25) is 0 Å². The van der Waals surface area contributed by atoms with Gasteiger partial charge in [0.1, 0.15) is 4.66 Å². The number of Topliss-reactive ketones (excluding diaryl/α,β-unsaturated/α-hetero) is 1.